The van der Waals surface area contributed by atoms with Gasteiger partial charge in [0.15, 0.2) is 5.78 Å². The number of carbonyl (C=O) groups excluding carboxylic acids is 1. The molecule has 3 aromatic rings. The average Bonchev–Trinajstić information content (AvgIpc) is 2.85. The van der Waals surface area contributed by atoms with E-state index in [9.17, 15) is 4.79 Å². The normalized spacial score (nSPS) is 10.2. The number of nitrogens with zero attached hydrogens (tertiary/aromatic N) is 2. The summed E-state index contributed by atoms with van der Waals surface area (Å²) in [7, 11) is 1.90. The third-order valence-corrected chi connectivity index (χ3v) is 4.36. The molecule has 0 fully saturated rings. The number of hydrogen-bond acceptors (Lipinski definition) is 2. The molecule has 0 saturated carbocycles. The zero-order chi connectivity index (χ0) is 16.4. The molecule has 0 aliphatic carbocycles. The maximum atomic E-state index is 12.4. The minimum absolute atomic E-state index is 0. The van der Waals surface area contributed by atoms with Crippen LogP contribution in [0.1, 0.15) is 10.4 Å². The number of carbonyl (C=O) groups is 1. The van der Waals surface area contributed by atoms with Crippen molar-refractivity contribution in [3.05, 3.63) is 70.8 Å². The minimum Gasteiger partial charge on any atom is -1.00 e. The summed E-state index contributed by atoms with van der Waals surface area (Å²) in [6.45, 7) is 0.216. The van der Waals surface area contributed by atoms with Gasteiger partial charge in [-0.05, 0) is 12.1 Å². The van der Waals surface area contributed by atoms with E-state index in [0.717, 1.165) is 15.7 Å². The second kappa shape index (κ2) is 7.77. The van der Waals surface area contributed by atoms with Crippen LogP contribution in [0, 0.1) is 0 Å². The fraction of sp³-hybridized carbons (Fsp3) is 0.111. The molecule has 0 spiro atoms. The van der Waals surface area contributed by atoms with E-state index >= 15 is 0 Å². The SMILES string of the molecule is Cn1c(-c2ccccc2)c[n+](CC(=O)c2ccc(Br)cc2)c1N.[Br-]. The van der Waals surface area contributed by atoms with Crippen molar-refractivity contribution in [3.8, 4) is 11.3 Å². The molecular weight excluding hydrogens is 434 g/mol. The first-order valence-electron chi connectivity index (χ1n) is 7.25. The summed E-state index contributed by atoms with van der Waals surface area (Å²) in [5.74, 6) is 0.578. The number of nitrogens with two attached hydrogens (primary N) is 1. The summed E-state index contributed by atoms with van der Waals surface area (Å²) in [4.78, 5) is 12.4. The molecule has 2 N–H and O–H groups in total. The van der Waals surface area contributed by atoms with Crippen LogP contribution in [0.2, 0.25) is 0 Å². The summed E-state index contributed by atoms with van der Waals surface area (Å²) in [5.41, 5.74) is 8.87. The van der Waals surface area contributed by atoms with E-state index in [4.69, 9.17) is 5.73 Å². The van der Waals surface area contributed by atoms with E-state index in [1.165, 1.54) is 0 Å². The first-order valence-corrected chi connectivity index (χ1v) is 8.04. The highest BCUT2D eigenvalue weighted by atomic mass is 79.9. The molecule has 0 saturated heterocycles. The largest absolute Gasteiger partial charge is 1.00 e. The van der Waals surface area contributed by atoms with Crippen molar-refractivity contribution in [1.82, 2.24) is 4.57 Å². The van der Waals surface area contributed by atoms with Crippen molar-refractivity contribution in [2.45, 2.75) is 6.54 Å². The molecule has 124 valence electrons. The Morgan fingerprint density at radius 1 is 1.12 bits per heavy atom. The van der Waals surface area contributed by atoms with Gasteiger partial charge >= 0.3 is 5.95 Å². The smallest absolute Gasteiger partial charge is 0.355 e. The molecule has 6 heteroatoms. The van der Waals surface area contributed by atoms with Crippen LogP contribution in [0.15, 0.2) is 65.3 Å². The number of hydrogen-bond donors (Lipinski definition) is 1. The molecule has 1 heterocycles. The molecule has 0 atom stereocenters. The lowest BCUT2D eigenvalue weighted by molar-refractivity contribution is -0.667. The molecule has 0 aliphatic heterocycles. The number of rotatable bonds is 4. The molecule has 24 heavy (non-hydrogen) atoms. The summed E-state index contributed by atoms with van der Waals surface area (Å²) in [5, 5.41) is 0. The first kappa shape index (κ1) is 18.4. The van der Waals surface area contributed by atoms with Crippen LogP contribution < -0.4 is 27.3 Å². The van der Waals surface area contributed by atoms with Crippen molar-refractivity contribution < 1.29 is 26.3 Å². The van der Waals surface area contributed by atoms with Crippen molar-refractivity contribution in [1.29, 1.82) is 0 Å². The van der Waals surface area contributed by atoms with Gasteiger partial charge in [-0.2, -0.15) is 0 Å². The quantitative estimate of drug-likeness (QED) is 0.456. The Labute approximate surface area is 159 Å². The fourth-order valence-corrected chi connectivity index (χ4v) is 2.77. The third-order valence-electron chi connectivity index (χ3n) is 3.83. The van der Waals surface area contributed by atoms with Gasteiger partial charge in [-0.25, -0.2) is 9.13 Å². The van der Waals surface area contributed by atoms with Crippen LogP contribution in [-0.4, -0.2) is 10.4 Å². The number of Topliss-reactive ketones (excluding diaryl/α,β-unsaturated/α-hetero) is 1. The van der Waals surface area contributed by atoms with E-state index in [2.05, 4.69) is 15.9 Å². The van der Waals surface area contributed by atoms with Gasteiger partial charge in [0.2, 0.25) is 0 Å². The number of anilines is 1. The Balaban J connectivity index is 0.00000208. The van der Waals surface area contributed by atoms with Crippen molar-refractivity contribution in [2.24, 2.45) is 7.05 Å². The lowest BCUT2D eigenvalue weighted by Crippen LogP contribution is -3.00. The number of nitrogen functional groups attached to an aromatic ring is 1. The number of benzene rings is 2. The standard InChI is InChI=1S/C18H16BrN3O.BrH/c1-21-16(13-5-3-2-4-6-13)11-22(18(21)20)12-17(23)14-7-9-15(19)10-8-14;/h2-11,20H,12H2,1H3;1H. The van der Waals surface area contributed by atoms with Crippen LogP contribution in [0.3, 0.4) is 0 Å². The highest BCUT2D eigenvalue weighted by molar-refractivity contribution is 9.10. The zero-order valence-electron chi connectivity index (χ0n) is 13.1. The van der Waals surface area contributed by atoms with Gasteiger partial charge in [-0.1, -0.05) is 58.4 Å². The Kier molecular flexibility index (Phi) is 5.96. The zero-order valence-corrected chi connectivity index (χ0v) is 16.3. The molecule has 0 bridgehead atoms. The van der Waals surface area contributed by atoms with Crippen molar-refractivity contribution in [3.63, 3.8) is 0 Å². The molecular formula is C18H17Br2N3O. The minimum atomic E-state index is 0. The number of ketones is 1. The van der Waals surface area contributed by atoms with Crippen LogP contribution in [-0.2, 0) is 13.6 Å². The summed E-state index contributed by atoms with van der Waals surface area (Å²) in [6.07, 6.45) is 1.92. The summed E-state index contributed by atoms with van der Waals surface area (Å²) < 4.78 is 4.63. The van der Waals surface area contributed by atoms with E-state index in [1.807, 2.05) is 72.4 Å². The molecule has 0 unspecified atom stereocenters. The second-order valence-electron chi connectivity index (χ2n) is 5.36. The molecule has 4 nitrogen and oxygen atoms in total. The topological polar surface area (TPSA) is 51.9 Å². The first-order chi connectivity index (χ1) is 11.1. The molecule has 0 amide bonds. The van der Waals surface area contributed by atoms with Gasteiger partial charge in [0, 0.05) is 15.6 Å². The Bertz CT molecular complexity index is 843. The Hall–Kier alpha value is -1.92. The monoisotopic (exact) mass is 449 g/mol. The average molecular weight is 451 g/mol. The highest BCUT2D eigenvalue weighted by Crippen LogP contribution is 2.19. The summed E-state index contributed by atoms with van der Waals surface area (Å²) >= 11 is 3.37. The van der Waals surface area contributed by atoms with Crippen LogP contribution in [0.4, 0.5) is 5.95 Å². The Morgan fingerprint density at radius 3 is 2.38 bits per heavy atom. The molecule has 0 radical (unpaired) electrons. The Morgan fingerprint density at radius 2 is 1.75 bits per heavy atom. The molecule has 3 rings (SSSR count). The van der Waals surface area contributed by atoms with Crippen molar-refractivity contribution >= 4 is 27.7 Å². The maximum absolute atomic E-state index is 12.4. The van der Waals surface area contributed by atoms with Crippen LogP contribution in [0.5, 0.6) is 0 Å². The van der Waals surface area contributed by atoms with Gasteiger partial charge in [0.1, 0.15) is 18.4 Å². The second-order valence-corrected chi connectivity index (χ2v) is 6.27. The number of aromatic nitrogens is 2. The highest BCUT2D eigenvalue weighted by Gasteiger charge is 2.20. The van der Waals surface area contributed by atoms with Crippen LogP contribution in [0.25, 0.3) is 11.3 Å². The van der Waals surface area contributed by atoms with Crippen molar-refractivity contribution in [2.75, 3.05) is 5.73 Å². The lowest BCUT2D eigenvalue weighted by Gasteiger charge is -2.00. The van der Waals surface area contributed by atoms with Gasteiger partial charge in [0.25, 0.3) is 0 Å². The third kappa shape index (κ3) is 3.76. The number of imidazole rings is 1. The molecule has 0 aliphatic rings. The van der Waals surface area contributed by atoms with Gasteiger partial charge in [-0.15, -0.1) is 0 Å². The van der Waals surface area contributed by atoms with E-state index in [0.29, 0.717) is 11.5 Å². The predicted octanol–water partition coefficient (Wildman–Crippen LogP) is 0.211. The lowest BCUT2D eigenvalue weighted by atomic mass is 10.1. The van der Waals surface area contributed by atoms with Gasteiger partial charge in [-0.3, -0.25) is 10.5 Å². The maximum Gasteiger partial charge on any atom is 0.355 e. The summed E-state index contributed by atoms with van der Waals surface area (Å²) in [6, 6.07) is 17.3. The fourth-order valence-electron chi connectivity index (χ4n) is 2.50. The predicted molar refractivity (Wildman–Crippen MR) is 93.9 cm³/mol. The van der Waals surface area contributed by atoms with Crippen LogP contribution >= 0.6 is 15.9 Å². The van der Waals surface area contributed by atoms with Gasteiger partial charge in [0.05, 0.1) is 7.05 Å². The van der Waals surface area contributed by atoms with E-state index in [1.54, 1.807) is 4.57 Å². The number of halogens is 2. The molecule has 1 aromatic heterocycles. The van der Waals surface area contributed by atoms with Gasteiger partial charge < -0.3 is 17.0 Å². The molecule has 2 aromatic carbocycles. The van der Waals surface area contributed by atoms with E-state index in [-0.39, 0.29) is 29.3 Å². The van der Waals surface area contributed by atoms with E-state index < -0.39 is 0 Å².